The second-order valence-electron chi connectivity index (χ2n) is 14.1. The van der Waals surface area contributed by atoms with Gasteiger partial charge >= 0.3 is 0 Å². The summed E-state index contributed by atoms with van der Waals surface area (Å²) in [6.07, 6.45) is -0.413. The lowest BCUT2D eigenvalue weighted by atomic mass is 10.2. The van der Waals surface area contributed by atoms with Crippen LogP contribution in [-0.2, 0) is 42.6 Å². The van der Waals surface area contributed by atoms with E-state index >= 15 is 0 Å². The van der Waals surface area contributed by atoms with Crippen molar-refractivity contribution in [3.05, 3.63) is 91.0 Å². The van der Waals surface area contributed by atoms with Crippen molar-refractivity contribution in [3.63, 3.8) is 0 Å². The van der Waals surface area contributed by atoms with Crippen molar-refractivity contribution in [3.8, 4) is 0 Å². The van der Waals surface area contributed by atoms with E-state index in [0.717, 1.165) is 0 Å². The first-order chi connectivity index (χ1) is 28.2. The van der Waals surface area contributed by atoms with E-state index in [0.29, 0.717) is 78.7 Å². The molecule has 0 N–H and O–H groups in total. The maximum absolute atomic E-state index is 6.94. The Morgan fingerprint density at radius 3 is 0.776 bits per heavy atom. The van der Waals surface area contributed by atoms with Crippen LogP contribution in [0.25, 0.3) is 0 Å². The van der Waals surface area contributed by atoms with Gasteiger partial charge in [0.05, 0.1) is 0 Å². The summed E-state index contributed by atoms with van der Waals surface area (Å²) in [5.74, 6) is 0. The van der Waals surface area contributed by atoms with Gasteiger partial charge in [0.15, 0.2) is 16.2 Å². The van der Waals surface area contributed by atoms with Gasteiger partial charge in [-0.05, 0) is 62.3 Å². The molecule has 13 heteroatoms. The van der Waals surface area contributed by atoms with Gasteiger partial charge in [-0.25, -0.2) is 4.90 Å². The lowest BCUT2D eigenvalue weighted by Crippen LogP contribution is -2.62. The third-order valence-electron chi connectivity index (χ3n) is 9.92. The molecule has 0 fully saturated rings. The van der Waals surface area contributed by atoms with E-state index in [1.54, 1.807) is 0 Å². The Balaban J connectivity index is 2.33. The molecule has 0 saturated heterocycles. The number of ether oxygens (including phenoxy) is 9. The molecule has 326 valence electrons. The van der Waals surface area contributed by atoms with E-state index in [9.17, 15) is 0 Å². The molecular weight excluding hydrogens is 783 g/mol. The van der Waals surface area contributed by atoms with Gasteiger partial charge in [0.25, 0.3) is 0 Å². The normalized spacial score (nSPS) is 14.8. The number of hydrogen-bond donors (Lipinski definition) is 0. The van der Waals surface area contributed by atoms with E-state index in [2.05, 4.69) is 95.9 Å². The highest BCUT2D eigenvalue weighted by Crippen LogP contribution is 2.34. The average molecular weight is 858 g/mol. The second-order valence-corrected chi connectivity index (χ2v) is 20.8. The molecule has 58 heavy (non-hydrogen) atoms. The minimum absolute atomic E-state index is 0.426. The highest BCUT2D eigenvalue weighted by Gasteiger charge is 2.48. The van der Waals surface area contributed by atoms with Crippen LogP contribution in [0.15, 0.2) is 91.0 Å². The summed E-state index contributed by atoms with van der Waals surface area (Å²) in [4.78, 5) is 2.28. The average Bonchev–Trinajstić information content (AvgIpc) is 3.20. The minimum Gasteiger partial charge on any atom is -0.363 e. The van der Waals surface area contributed by atoms with Crippen LogP contribution in [0, 0.1) is 0 Å². The van der Waals surface area contributed by atoms with Crippen LogP contribution in [0.4, 0.5) is 0 Å². The van der Waals surface area contributed by atoms with Crippen molar-refractivity contribution in [1.29, 1.82) is 0 Å². The van der Waals surface area contributed by atoms with E-state index < -0.39 is 63.5 Å². The molecule has 0 bridgehead atoms. The molecule has 0 aliphatic heterocycles. The predicted octanol–water partition coefficient (Wildman–Crippen LogP) is 4.21. The molecule has 3 unspecified atom stereocenters. The maximum atomic E-state index is 6.94. The van der Waals surface area contributed by atoms with Crippen LogP contribution in [0.3, 0.4) is 0 Å². The molecule has 0 spiro atoms. The van der Waals surface area contributed by atoms with Gasteiger partial charge in [-0.3, -0.25) is 0 Å². The second kappa shape index (κ2) is 27.7. The standard InChI is InChI=1S/C45H75NO9Si3/c1-10-47-40(34-43(50-13-4,51-14-5)56-37-28-22-19-23-29-37)46(41(48-11-2)35-44(52-15-6,53-16-7)57-38-30-24-20-25-31-38)42(49-12-3)36-45(54-17-8,55-18-9)58-39-32-26-21-27-33-39/h19-33,40-42H,10-18,34-36,56-58H2,1-9H3. The number of hydrogen-bond acceptors (Lipinski definition) is 10. The molecule has 10 nitrogen and oxygen atoms in total. The van der Waals surface area contributed by atoms with Gasteiger partial charge in [-0.15, -0.1) is 0 Å². The molecule has 3 atom stereocenters. The molecular formula is C45H75NO9Si3. The van der Waals surface area contributed by atoms with E-state index in [1.807, 2.05) is 62.3 Å². The topological polar surface area (TPSA) is 86.3 Å². The smallest absolute Gasteiger partial charge is 0.153 e. The fourth-order valence-electron chi connectivity index (χ4n) is 7.98. The molecule has 3 aromatic carbocycles. The zero-order valence-corrected chi connectivity index (χ0v) is 41.4. The largest absolute Gasteiger partial charge is 0.363 e. The summed E-state index contributed by atoms with van der Waals surface area (Å²) in [5, 5.41) is 3.74. The van der Waals surface area contributed by atoms with Gasteiger partial charge in [0.1, 0.15) is 47.2 Å². The Morgan fingerprint density at radius 1 is 0.362 bits per heavy atom. The Bertz CT molecular complexity index is 1270. The first kappa shape index (κ1) is 50.3. The van der Waals surface area contributed by atoms with Crippen molar-refractivity contribution in [2.45, 2.75) is 116 Å². The Kier molecular flexibility index (Phi) is 24.0. The van der Waals surface area contributed by atoms with Gasteiger partial charge in [0, 0.05) is 78.7 Å². The van der Waals surface area contributed by atoms with Gasteiger partial charge < -0.3 is 42.6 Å². The molecule has 0 aliphatic rings. The van der Waals surface area contributed by atoms with E-state index in [1.165, 1.54) is 15.6 Å². The molecule has 0 aromatic heterocycles. The number of nitrogens with zero attached hydrogens (tertiary/aromatic N) is 1. The monoisotopic (exact) mass is 857 g/mol. The lowest BCUT2D eigenvalue weighted by Gasteiger charge is -2.49. The summed E-state index contributed by atoms with van der Waals surface area (Å²) in [6, 6.07) is 31.7. The van der Waals surface area contributed by atoms with Crippen LogP contribution < -0.4 is 15.6 Å². The fourth-order valence-corrected chi connectivity index (χ4v) is 14.4. The predicted molar refractivity (Wildman–Crippen MR) is 244 cm³/mol. The van der Waals surface area contributed by atoms with Crippen LogP contribution in [0.2, 0.25) is 0 Å². The van der Waals surface area contributed by atoms with Crippen LogP contribution in [-0.4, -0.2) is 128 Å². The summed E-state index contributed by atoms with van der Waals surface area (Å²) < 4.78 is 61.4. The van der Waals surface area contributed by atoms with Crippen LogP contribution in [0.1, 0.15) is 81.6 Å². The first-order valence-corrected chi connectivity index (χ1v) is 26.0. The highest BCUT2D eigenvalue weighted by molar-refractivity contribution is 6.57. The molecule has 3 aromatic rings. The quantitative estimate of drug-likeness (QED) is 0.0657. The Morgan fingerprint density at radius 2 is 0.586 bits per heavy atom. The highest BCUT2D eigenvalue weighted by atomic mass is 28.2. The summed E-state index contributed by atoms with van der Waals surface area (Å²) in [7, 11) is -3.56. The summed E-state index contributed by atoms with van der Waals surface area (Å²) >= 11 is 0. The first-order valence-electron chi connectivity index (χ1n) is 21.8. The molecule has 0 aliphatic carbocycles. The van der Waals surface area contributed by atoms with Crippen LogP contribution in [0.5, 0.6) is 0 Å². The van der Waals surface area contributed by atoms with E-state index in [-0.39, 0.29) is 0 Å². The lowest BCUT2D eigenvalue weighted by molar-refractivity contribution is -0.288. The molecule has 3 rings (SSSR count). The van der Waals surface area contributed by atoms with Crippen molar-refractivity contribution in [2.24, 2.45) is 0 Å². The fraction of sp³-hybridized carbons (Fsp3) is 0.600. The van der Waals surface area contributed by atoms with E-state index in [4.69, 9.17) is 42.6 Å². The Hall–Kier alpha value is -2.09. The summed E-state index contributed by atoms with van der Waals surface area (Å²) in [5.41, 5.74) is -2.66. The van der Waals surface area contributed by atoms with Crippen molar-refractivity contribution in [1.82, 2.24) is 4.90 Å². The van der Waals surface area contributed by atoms with Gasteiger partial charge in [-0.2, -0.15) is 0 Å². The Labute approximate surface area is 357 Å². The number of rotatable bonds is 33. The third-order valence-corrected chi connectivity index (χ3v) is 16.3. The SMILES string of the molecule is CCOC(CC(OCC)(OCC)[SiH2]c1ccccc1)N(C(CC(OCC)(OCC)[SiH2]c1ccccc1)OCC)C(CC(OCC)(OCC)[SiH2]c1ccccc1)OCC. The number of benzene rings is 3. The molecule has 0 heterocycles. The van der Waals surface area contributed by atoms with Gasteiger partial charge in [-0.1, -0.05) is 107 Å². The zero-order chi connectivity index (χ0) is 42.1. The zero-order valence-electron chi connectivity index (χ0n) is 37.1. The molecule has 0 radical (unpaired) electrons. The van der Waals surface area contributed by atoms with Gasteiger partial charge in [0.2, 0.25) is 0 Å². The molecule has 0 amide bonds. The van der Waals surface area contributed by atoms with Crippen molar-refractivity contribution >= 4 is 44.1 Å². The molecule has 0 saturated carbocycles. The summed E-state index contributed by atoms with van der Waals surface area (Å²) in [6.45, 7) is 22.6. The minimum atomic E-state index is -1.19. The maximum Gasteiger partial charge on any atom is 0.153 e. The van der Waals surface area contributed by atoms with Crippen molar-refractivity contribution < 1.29 is 42.6 Å². The van der Waals surface area contributed by atoms with Crippen molar-refractivity contribution in [2.75, 3.05) is 59.5 Å². The third kappa shape index (κ3) is 16.1. The van der Waals surface area contributed by atoms with Crippen LogP contribution >= 0.6 is 0 Å².